The molecule has 4 heteroatoms. The van der Waals surface area contributed by atoms with Crippen LogP contribution in [-0.2, 0) is 6.42 Å². The third-order valence-electron chi connectivity index (χ3n) is 2.54. The summed E-state index contributed by atoms with van der Waals surface area (Å²) in [6.45, 7) is 8.83. The van der Waals surface area contributed by atoms with Gasteiger partial charge in [-0.25, -0.2) is 4.39 Å². The lowest BCUT2D eigenvalue weighted by Crippen LogP contribution is -2.13. The van der Waals surface area contributed by atoms with Crippen LogP contribution in [0.4, 0.5) is 4.39 Å². The number of hydrogen-bond acceptors (Lipinski definition) is 2. The molecule has 0 aromatic carbocycles. The topological polar surface area (TPSA) is 30.7 Å². The Morgan fingerprint density at radius 2 is 2.20 bits per heavy atom. The minimum absolute atomic E-state index is 0.453. The van der Waals surface area contributed by atoms with Gasteiger partial charge in [0.05, 0.1) is 5.70 Å². The number of aryl methyl sites for hydroxylation is 2. The van der Waals surface area contributed by atoms with E-state index in [0.29, 0.717) is 11.5 Å². The maximum Gasteiger partial charge on any atom is 0.140 e. The van der Waals surface area contributed by atoms with Crippen molar-refractivity contribution in [2.24, 2.45) is 0 Å². The van der Waals surface area contributed by atoms with Crippen molar-refractivity contribution in [3.63, 3.8) is 0 Å². The van der Waals surface area contributed by atoms with Crippen LogP contribution in [0.3, 0.4) is 0 Å². The Morgan fingerprint density at radius 3 is 2.80 bits per heavy atom. The second kappa shape index (κ2) is 3.46. The van der Waals surface area contributed by atoms with E-state index >= 15 is 0 Å². The Hall–Kier alpha value is -1.71. The Balaban J connectivity index is 2.69. The Labute approximate surface area is 87.6 Å². The molecule has 0 amide bonds. The molecule has 0 spiro atoms. The highest BCUT2D eigenvalue weighted by Gasteiger charge is 2.22. The van der Waals surface area contributed by atoms with Gasteiger partial charge in [-0.1, -0.05) is 19.2 Å². The zero-order valence-corrected chi connectivity index (χ0v) is 8.63. The fraction of sp³-hybridized carbons (Fsp3) is 0.273. The van der Waals surface area contributed by atoms with Crippen LogP contribution in [0, 0.1) is 6.92 Å². The number of nitrogens with zero attached hydrogens (tertiary/aromatic N) is 3. The highest BCUT2D eigenvalue weighted by Crippen LogP contribution is 2.30. The number of allylic oxidation sites excluding steroid dienone is 4. The predicted molar refractivity (Wildman–Crippen MR) is 56.7 cm³/mol. The molecule has 2 heterocycles. The molecule has 0 fully saturated rings. The molecule has 15 heavy (non-hydrogen) atoms. The van der Waals surface area contributed by atoms with Crippen molar-refractivity contribution in [1.29, 1.82) is 0 Å². The summed E-state index contributed by atoms with van der Waals surface area (Å²) in [5, 5.41) is 7.93. The molecule has 3 nitrogen and oxygen atoms in total. The van der Waals surface area contributed by atoms with Crippen LogP contribution in [0.1, 0.15) is 18.1 Å². The van der Waals surface area contributed by atoms with Gasteiger partial charge in [0.25, 0.3) is 0 Å². The van der Waals surface area contributed by atoms with Crippen molar-refractivity contribution < 1.29 is 4.39 Å². The summed E-state index contributed by atoms with van der Waals surface area (Å²) in [6, 6.07) is 0. The number of halogens is 1. The summed E-state index contributed by atoms with van der Waals surface area (Å²) in [5.41, 5.74) is 1.31. The summed E-state index contributed by atoms with van der Waals surface area (Å²) in [4.78, 5) is 0. The molecule has 0 saturated heterocycles. The van der Waals surface area contributed by atoms with Crippen LogP contribution in [0.5, 0.6) is 0 Å². The Bertz CT molecular complexity index is 468. The normalized spacial score (nSPS) is 15.1. The first-order valence-corrected chi connectivity index (χ1v) is 4.76. The molecular weight excluding hydrogens is 193 g/mol. The van der Waals surface area contributed by atoms with Crippen LogP contribution < -0.4 is 0 Å². The van der Waals surface area contributed by atoms with Crippen molar-refractivity contribution in [2.75, 3.05) is 0 Å². The van der Waals surface area contributed by atoms with Crippen LogP contribution >= 0.6 is 0 Å². The zero-order valence-electron chi connectivity index (χ0n) is 8.63. The number of hydrogen-bond donors (Lipinski definition) is 0. The van der Waals surface area contributed by atoms with Gasteiger partial charge in [0.1, 0.15) is 17.5 Å². The van der Waals surface area contributed by atoms with E-state index in [2.05, 4.69) is 23.4 Å². The van der Waals surface area contributed by atoms with E-state index < -0.39 is 5.83 Å². The summed E-state index contributed by atoms with van der Waals surface area (Å²) in [7, 11) is 0. The second-order valence-electron chi connectivity index (χ2n) is 3.48. The molecule has 1 aromatic rings. The van der Waals surface area contributed by atoms with Gasteiger partial charge in [0, 0.05) is 6.42 Å². The SMILES string of the molecule is C=CC1=C(C(=C)F)n2c(C)nnc2CC1. The highest BCUT2D eigenvalue weighted by molar-refractivity contribution is 5.68. The van der Waals surface area contributed by atoms with Gasteiger partial charge in [-0.15, -0.1) is 10.2 Å². The minimum atomic E-state index is -0.464. The van der Waals surface area contributed by atoms with Crippen LogP contribution in [0.15, 0.2) is 30.6 Å². The van der Waals surface area contributed by atoms with Gasteiger partial charge in [0.15, 0.2) is 0 Å². The summed E-state index contributed by atoms with van der Waals surface area (Å²) in [5.74, 6) is 0.999. The summed E-state index contributed by atoms with van der Waals surface area (Å²) < 4.78 is 15.1. The second-order valence-corrected chi connectivity index (χ2v) is 3.48. The Morgan fingerprint density at radius 1 is 1.47 bits per heavy atom. The minimum Gasteiger partial charge on any atom is -0.280 e. The maximum atomic E-state index is 13.4. The average molecular weight is 205 g/mol. The maximum absolute atomic E-state index is 13.4. The van der Waals surface area contributed by atoms with Crippen LogP contribution in [0.25, 0.3) is 5.70 Å². The molecule has 0 aliphatic carbocycles. The lowest BCUT2D eigenvalue weighted by Gasteiger charge is -2.19. The van der Waals surface area contributed by atoms with E-state index in [4.69, 9.17) is 0 Å². The van der Waals surface area contributed by atoms with Gasteiger partial charge in [-0.3, -0.25) is 4.57 Å². The largest absolute Gasteiger partial charge is 0.280 e. The fourth-order valence-corrected chi connectivity index (χ4v) is 1.86. The molecular formula is C11H12FN3. The third-order valence-corrected chi connectivity index (χ3v) is 2.54. The molecule has 0 radical (unpaired) electrons. The first kappa shape index (κ1) is 9.83. The van der Waals surface area contributed by atoms with Gasteiger partial charge in [-0.2, -0.15) is 0 Å². The molecule has 1 aromatic heterocycles. The quantitative estimate of drug-likeness (QED) is 0.742. The first-order valence-electron chi connectivity index (χ1n) is 4.76. The van der Waals surface area contributed by atoms with Crippen molar-refractivity contribution in [3.05, 3.63) is 42.3 Å². The highest BCUT2D eigenvalue weighted by atomic mass is 19.1. The van der Waals surface area contributed by atoms with Crippen LogP contribution in [0.2, 0.25) is 0 Å². The Kier molecular flexibility index (Phi) is 2.26. The molecule has 0 saturated carbocycles. The third kappa shape index (κ3) is 1.42. The molecule has 2 rings (SSSR count). The van der Waals surface area contributed by atoms with E-state index in [-0.39, 0.29) is 0 Å². The monoisotopic (exact) mass is 205 g/mol. The molecule has 0 bridgehead atoms. The smallest absolute Gasteiger partial charge is 0.140 e. The number of fused-ring (bicyclic) bond motifs is 1. The van der Waals surface area contributed by atoms with Crippen molar-refractivity contribution >= 4 is 5.70 Å². The fourth-order valence-electron chi connectivity index (χ4n) is 1.86. The molecule has 1 aliphatic rings. The first-order chi connectivity index (χ1) is 7.15. The molecule has 0 atom stereocenters. The average Bonchev–Trinajstić information content (AvgIpc) is 2.59. The molecule has 1 aliphatic heterocycles. The van der Waals surface area contributed by atoms with Crippen molar-refractivity contribution in [1.82, 2.24) is 14.8 Å². The van der Waals surface area contributed by atoms with E-state index in [1.807, 2.05) is 0 Å². The predicted octanol–water partition coefficient (Wildman–Crippen LogP) is 2.41. The molecule has 0 unspecified atom stereocenters. The lowest BCUT2D eigenvalue weighted by molar-refractivity contribution is 0.648. The number of aromatic nitrogens is 3. The van der Waals surface area contributed by atoms with Crippen LogP contribution in [-0.4, -0.2) is 14.8 Å². The number of rotatable bonds is 2. The van der Waals surface area contributed by atoms with Crippen molar-refractivity contribution in [2.45, 2.75) is 19.8 Å². The van der Waals surface area contributed by atoms with Crippen molar-refractivity contribution in [3.8, 4) is 0 Å². The van der Waals surface area contributed by atoms with E-state index in [1.54, 1.807) is 17.6 Å². The van der Waals surface area contributed by atoms with Gasteiger partial charge in [-0.05, 0) is 18.9 Å². The summed E-state index contributed by atoms with van der Waals surface area (Å²) in [6.07, 6.45) is 3.17. The molecule has 78 valence electrons. The van der Waals surface area contributed by atoms with Gasteiger partial charge >= 0.3 is 0 Å². The van der Waals surface area contributed by atoms with E-state index in [1.165, 1.54) is 0 Å². The summed E-state index contributed by atoms with van der Waals surface area (Å²) >= 11 is 0. The zero-order chi connectivity index (χ0) is 11.0. The standard InChI is InChI=1S/C11H12FN3/c1-4-9-5-6-10-14-13-8(3)15(10)11(9)7(2)12/h4H,1-2,5-6H2,3H3. The van der Waals surface area contributed by atoms with E-state index in [9.17, 15) is 4.39 Å². The van der Waals surface area contributed by atoms with Gasteiger partial charge < -0.3 is 0 Å². The van der Waals surface area contributed by atoms with Gasteiger partial charge in [0.2, 0.25) is 0 Å². The van der Waals surface area contributed by atoms with E-state index in [0.717, 1.165) is 24.2 Å². The molecule has 0 N–H and O–H groups in total. The lowest BCUT2D eigenvalue weighted by atomic mass is 10.0.